The molecule has 0 N–H and O–H groups in total. The molecule has 0 bridgehead atoms. The van der Waals surface area contributed by atoms with Crippen LogP contribution in [-0.4, -0.2) is 24.8 Å². The molecule has 0 saturated carbocycles. The molecule has 0 unspecified atom stereocenters. The van der Waals surface area contributed by atoms with Crippen molar-refractivity contribution in [2.24, 2.45) is 0 Å². The number of esters is 1. The Bertz CT molecular complexity index is 241. The van der Waals surface area contributed by atoms with Crippen LogP contribution >= 0.6 is 0 Å². The van der Waals surface area contributed by atoms with Gasteiger partial charge >= 0.3 is 5.97 Å². The van der Waals surface area contributed by atoms with Crippen LogP contribution in [0.2, 0.25) is 0 Å². The van der Waals surface area contributed by atoms with E-state index in [-0.39, 0.29) is 6.61 Å². The highest BCUT2D eigenvalue weighted by Crippen LogP contribution is 2.15. The van der Waals surface area contributed by atoms with Crippen molar-refractivity contribution in [3.63, 3.8) is 0 Å². The lowest BCUT2D eigenvalue weighted by atomic mass is 10.1. The van der Waals surface area contributed by atoms with Gasteiger partial charge in [-0.3, -0.25) is 0 Å². The Kier molecular flexibility index (Phi) is 5.94. The van der Waals surface area contributed by atoms with Crippen LogP contribution in [0.4, 0.5) is 0 Å². The molecule has 0 heterocycles. The largest absolute Gasteiger partial charge is 0.456 e. The molecule has 0 aromatic rings. The van der Waals surface area contributed by atoms with E-state index in [0.717, 1.165) is 6.42 Å². The molecule has 0 radical (unpaired) electrons. The molecular formula is C12H20O3. The summed E-state index contributed by atoms with van der Waals surface area (Å²) in [7, 11) is 0. The number of carbonyl (C=O) groups is 1. The van der Waals surface area contributed by atoms with Gasteiger partial charge < -0.3 is 9.47 Å². The second-order valence-electron chi connectivity index (χ2n) is 3.91. The van der Waals surface area contributed by atoms with E-state index in [0.29, 0.717) is 12.2 Å². The predicted molar refractivity (Wildman–Crippen MR) is 60.6 cm³/mol. The lowest BCUT2D eigenvalue weighted by molar-refractivity contribution is -0.152. The quantitative estimate of drug-likeness (QED) is 0.281. The zero-order valence-corrected chi connectivity index (χ0v) is 9.84. The Balaban J connectivity index is 3.99. The fraction of sp³-hybridized carbons (Fsp3) is 0.583. The van der Waals surface area contributed by atoms with E-state index in [1.807, 2.05) is 20.8 Å². The van der Waals surface area contributed by atoms with Crippen LogP contribution in [0.1, 0.15) is 27.2 Å². The normalized spacial score (nSPS) is 10.9. The molecule has 0 spiro atoms. The summed E-state index contributed by atoms with van der Waals surface area (Å²) in [5.74, 6) is -0.397. The Morgan fingerprint density at radius 1 is 1.47 bits per heavy atom. The fourth-order valence-electron chi connectivity index (χ4n) is 0.720. The molecule has 15 heavy (non-hydrogen) atoms. The van der Waals surface area contributed by atoms with Crippen LogP contribution in [0.3, 0.4) is 0 Å². The van der Waals surface area contributed by atoms with Crippen LogP contribution in [0.5, 0.6) is 0 Å². The highest BCUT2D eigenvalue weighted by molar-refractivity contribution is 5.88. The minimum Gasteiger partial charge on any atom is -0.456 e. The topological polar surface area (TPSA) is 35.5 Å². The first-order valence-corrected chi connectivity index (χ1v) is 5.02. The Morgan fingerprint density at radius 2 is 2.07 bits per heavy atom. The first-order valence-electron chi connectivity index (χ1n) is 5.02. The van der Waals surface area contributed by atoms with Gasteiger partial charge in [-0.15, -0.1) is 6.58 Å². The van der Waals surface area contributed by atoms with Gasteiger partial charge in [0.05, 0.1) is 18.8 Å². The molecule has 0 aliphatic rings. The second-order valence-corrected chi connectivity index (χ2v) is 3.91. The number of rotatable bonds is 7. The lowest BCUT2D eigenvalue weighted by Crippen LogP contribution is -2.28. The second kappa shape index (κ2) is 6.40. The molecular weight excluding hydrogens is 192 g/mol. The number of carbonyl (C=O) groups excluding carboxylic acids is 1. The van der Waals surface area contributed by atoms with Crippen molar-refractivity contribution in [3.05, 3.63) is 24.8 Å². The van der Waals surface area contributed by atoms with Crippen molar-refractivity contribution in [2.75, 3.05) is 13.2 Å². The summed E-state index contributed by atoms with van der Waals surface area (Å²) in [5, 5.41) is 0. The van der Waals surface area contributed by atoms with Crippen molar-refractivity contribution >= 4 is 5.97 Å². The summed E-state index contributed by atoms with van der Waals surface area (Å²) in [5.41, 5.74) is -0.114. The van der Waals surface area contributed by atoms with Crippen LogP contribution in [0, 0.1) is 0 Å². The Hall–Kier alpha value is -1.09. The minimum absolute atomic E-state index is 0.185. The Morgan fingerprint density at radius 3 is 2.53 bits per heavy atom. The van der Waals surface area contributed by atoms with Crippen LogP contribution in [0.15, 0.2) is 24.8 Å². The van der Waals surface area contributed by atoms with Crippen molar-refractivity contribution in [2.45, 2.75) is 32.8 Å². The van der Waals surface area contributed by atoms with E-state index in [4.69, 9.17) is 9.47 Å². The van der Waals surface area contributed by atoms with E-state index < -0.39 is 11.6 Å². The fourth-order valence-corrected chi connectivity index (χ4v) is 0.720. The van der Waals surface area contributed by atoms with Crippen molar-refractivity contribution in [1.82, 2.24) is 0 Å². The molecule has 0 rings (SSSR count). The lowest BCUT2D eigenvalue weighted by Gasteiger charge is -2.23. The first kappa shape index (κ1) is 13.9. The average Bonchev–Trinajstić information content (AvgIpc) is 2.17. The molecule has 0 saturated heterocycles. The molecule has 3 heteroatoms. The van der Waals surface area contributed by atoms with Gasteiger partial charge in [-0.1, -0.05) is 19.6 Å². The van der Waals surface area contributed by atoms with E-state index in [9.17, 15) is 4.79 Å². The maximum atomic E-state index is 11.5. The van der Waals surface area contributed by atoms with Crippen molar-refractivity contribution in [3.8, 4) is 0 Å². The van der Waals surface area contributed by atoms with E-state index in [1.54, 1.807) is 6.08 Å². The summed E-state index contributed by atoms with van der Waals surface area (Å²) in [6.07, 6.45) is 2.38. The maximum Gasteiger partial charge on any atom is 0.336 e. The van der Waals surface area contributed by atoms with Gasteiger partial charge in [0, 0.05) is 0 Å². The standard InChI is InChI=1S/C12H20O3/c1-6-8-14-9-10(3)11(13)15-12(4,5)7-2/h6H,1,3,7-9H2,2,4-5H3. The molecule has 3 nitrogen and oxygen atoms in total. The minimum atomic E-state index is -0.446. The summed E-state index contributed by atoms with van der Waals surface area (Å²) in [4.78, 5) is 11.5. The smallest absolute Gasteiger partial charge is 0.336 e. The van der Waals surface area contributed by atoms with E-state index >= 15 is 0 Å². The summed E-state index contributed by atoms with van der Waals surface area (Å²) < 4.78 is 10.3. The van der Waals surface area contributed by atoms with Gasteiger partial charge in [-0.05, 0) is 20.3 Å². The number of ether oxygens (including phenoxy) is 2. The third-order valence-electron chi connectivity index (χ3n) is 2.02. The van der Waals surface area contributed by atoms with Gasteiger partial charge in [0.2, 0.25) is 0 Å². The third-order valence-corrected chi connectivity index (χ3v) is 2.02. The molecule has 0 fully saturated rings. The zero-order valence-electron chi connectivity index (χ0n) is 9.84. The van der Waals surface area contributed by atoms with E-state index in [2.05, 4.69) is 13.2 Å². The van der Waals surface area contributed by atoms with E-state index in [1.165, 1.54) is 0 Å². The maximum absolute atomic E-state index is 11.5. The first-order chi connectivity index (χ1) is 6.93. The predicted octanol–water partition coefficient (Wildman–Crippen LogP) is 2.48. The van der Waals surface area contributed by atoms with Crippen LogP contribution < -0.4 is 0 Å². The highest BCUT2D eigenvalue weighted by atomic mass is 16.6. The zero-order chi connectivity index (χ0) is 11.9. The van der Waals surface area contributed by atoms with Crippen LogP contribution in [-0.2, 0) is 14.3 Å². The average molecular weight is 212 g/mol. The number of hydrogen-bond acceptors (Lipinski definition) is 3. The highest BCUT2D eigenvalue weighted by Gasteiger charge is 2.21. The summed E-state index contributed by atoms with van der Waals surface area (Å²) in [6, 6.07) is 0. The molecule has 0 aliphatic heterocycles. The SMILES string of the molecule is C=CCOCC(=C)C(=O)OC(C)(C)CC. The number of hydrogen-bond donors (Lipinski definition) is 0. The third kappa shape index (κ3) is 6.07. The molecule has 86 valence electrons. The molecule has 0 aromatic carbocycles. The Labute approximate surface area is 91.8 Å². The molecule has 0 aliphatic carbocycles. The van der Waals surface area contributed by atoms with Gasteiger partial charge in [0.25, 0.3) is 0 Å². The van der Waals surface area contributed by atoms with Crippen molar-refractivity contribution < 1.29 is 14.3 Å². The molecule has 0 amide bonds. The molecule has 0 aromatic heterocycles. The monoisotopic (exact) mass is 212 g/mol. The van der Waals surface area contributed by atoms with Crippen molar-refractivity contribution in [1.29, 1.82) is 0 Å². The summed E-state index contributed by atoms with van der Waals surface area (Å²) in [6.45, 7) is 13.4. The van der Waals surface area contributed by atoms with Gasteiger partial charge in [-0.25, -0.2) is 4.79 Å². The van der Waals surface area contributed by atoms with Gasteiger partial charge in [0.15, 0.2) is 0 Å². The molecule has 0 atom stereocenters. The van der Waals surface area contributed by atoms with Gasteiger partial charge in [-0.2, -0.15) is 0 Å². The van der Waals surface area contributed by atoms with Crippen LogP contribution in [0.25, 0.3) is 0 Å². The van der Waals surface area contributed by atoms with Gasteiger partial charge in [0.1, 0.15) is 5.60 Å². The summed E-state index contributed by atoms with van der Waals surface area (Å²) >= 11 is 0.